The maximum absolute atomic E-state index is 13.2. The molecular weight excluding hydrogens is 354 g/mol. The maximum Gasteiger partial charge on any atom is 0.338 e. The number of fused-ring (bicyclic) bond motifs is 1. The fourth-order valence-electron chi connectivity index (χ4n) is 3.10. The molecule has 0 aliphatic carbocycles. The largest absolute Gasteiger partial charge is 0.495 e. The van der Waals surface area contributed by atoms with Crippen LogP contribution in [0.5, 0.6) is 5.75 Å². The molecule has 0 bridgehead atoms. The Labute approximate surface area is 153 Å². The average molecular weight is 375 g/mol. The number of hydrogen-bond acceptors (Lipinski definition) is 5. The van der Waals surface area contributed by atoms with Crippen molar-refractivity contribution < 1.29 is 22.7 Å². The second kappa shape index (κ2) is 7.37. The van der Waals surface area contributed by atoms with E-state index < -0.39 is 16.0 Å². The number of anilines is 1. The lowest BCUT2D eigenvalue weighted by molar-refractivity contribution is 0.0526. The van der Waals surface area contributed by atoms with Crippen molar-refractivity contribution in [2.75, 3.05) is 24.6 Å². The summed E-state index contributed by atoms with van der Waals surface area (Å²) in [6.07, 6.45) is 1.38. The van der Waals surface area contributed by atoms with Gasteiger partial charge in [0.15, 0.2) is 0 Å². The van der Waals surface area contributed by atoms with Gasteiger partial charge in [0, 0.05) is 6.54 Å². The van der Waals surface area contributed by atoms with E-state index in [2.05, 4.69) is 0 Å². The van der Waals surface area contributed by atoms with Crippen molar-refractivity contribution in [1.82, 2.24) is 0 Å². The molecule has 0 N–H and O–H groups in total. The lowest BCUT2D eigenvalue weighted by atomic mass is 10.0. The fourth-order valence-corrected chi connectivity index (χ4v) is 4.80. The van der Waals surface area contributed by atoms with Gasteiger partial charge in [0.25, 0.3) is 10.0 Å². The van der Waals surface area contributed by atoms with Gasteiger partial charge in [-0.15, -0.1) is 0 Å². The van der Waals surface area contributed by atoms with E-state index in [1.54, 1.807) is 43.3 Å². The predicted molar refractivity (Wildman–Crippen MR) is 98.2 cm³/mol. The molecule has 2 aromatic carbocycles. The zero-order chi connectivity index (χ0) is 18.7. The molecule has 1 aliphatic rings. The SMILES string of the molecule is CCOC(=O)c1ccc2c(c1)CCCN2S(=O)(=O)c1ccccc1OC. The van der Waals surface area contributed by atoms with Crippen molar-refractivity contribution >= 4 is 21.7 Å². The fraction of sp³-hybridized carbons (Fsp3) is 0.316. The minimum absolute atomic E-state index is 0.129. The number of esters is 1. The number of carbonyl (C=O) groups is 1. The second-order valence-corrected chi connectivity index (χ2v) is 7.73. The lowest BCUT2D eigenvalue weighted by Gasteiger charge is -2.31. The second-order valence-electron chi connectivity index (χ2n) is 5.90. The summed E-state index contributed by atoms with van der Waals surface area (Å²) in [5.74, 6) is -0.0947. The Balaban J connectivity index is 2.03. The summed E-state index contributed by atoms with van der Waals surface area (Å²) in [7, 11) is -2.32. The number of sulfonamides is 1. The number of aryl methyl sites for hydroxylation is 1. The van der Waals surface area contributed by atoms with Gasteiger partial charge in [-0.1, -0.05) is 12.1 Å². The van der Waals surface area contributed by atoms with Crippen LogP contribution in [0, 0.1) is 0 Å². The molecule has 2 aromatic rings. The number of rotatable bonds is 5. The Morgan fingerprint density at radius 3 is 2.69 bits per heavy atom. The molecule has 138 valence electrons. The first kappa shape index (κ1) is 18.3. The molecule has 6 nitrogen and oxygen atoms in total. The molecule has 0 amide bonds. The quantitative estimate of drug-likeness (QED) is 0.751. The Morgan fingerprint density at radius 2 is 1.96 bits per heavy atom. The van der Waals surface area contributed by atoms with Crippen molar-refractivity contribution in [2.45, 2.75) is 24.7 Å². The summed E-state index contributed by atoms with van der Waals surface area (Å²) in [5, 5.41) is 0. The van der Waals surface area contributed by atoms with Crippen LogP contribution in [0.1, 0.15) is 29.3 Å². The first-order chi connectivity index (χ1) is 12.5. The normalized spacial score (nSPS) is 13.8. The highest BCUT2D eigenvalue weighted by atomic mass is 32.2. The van der Waals surface area contributed by atoms with E-state index >= 15 is 0 Å². The summed E-state index contributed by atoms with van der Waals surface area (Å²) < 4.78 is 38.0. The molecule has 0 aromatic heterocycles. The first-order valence-electron chi connectivity index (χ1n) is 8.45. The van der Waals surface area contributed by atoms with Crippen LogP contribution in [0.4, 0.5) is 5.69 Å². The number of para-hydroxylation sites is 1. The van der Waals surface area contributed by atoms with E-state index in [1.165, 1.54) is 17.5 Å². The molecule has 0 unspecified atom stereocenters. The van der Waals surface area contributed by atoms with Crippen molar-refractivity contribution in [2.24, 2.45) is 0 Å². The van der Waals surface area contributed by atoms with E-state index in [0.29, 0.717) is 43.0 Å². The Bertz CT molecular complexity index is 923. The molecule has 3 rings (SSSR count). The maximum atomic E-state index is 13.2. The number of ether oxygens (including phenoxy) is 2. The van der Waals surface area contributed by atoms with E-state index in [4.69, 9.17) is 9.47 Å². The predicted octanol–water partition coefficient (Wildman–Crippen LogP) is 3.01. The Morgan fingerprint density at radius 1 is 1.19 bits per heavy atom. The number of benzene rings is 2. The Kier molecular flexibility index (Phi) is 5.18. The van der Waals surface area contributed by atoms with Gasteiger partial charge in [-0.3, -0.25) is 4.31 Å². The van der Waals surface area contributed by atoms with Gasteiger partial charge in [-0.05, 0) is 55.7 Å². The molecule has 1 aliphatic heterocycles. The lowest BCUT2D eigenvalue weighted by Crippen LogP contribution is -2.35. The summed E-state index contributed by atoms with van der Waals surface area (Å²) in [6, 6.07) is 11.6. The third-order valence-corrected chi connectivity index (χ3v) is 6.16. The van der Waals surface area contributed by atoms with Crippen molar-refractivity contribution in [3.05, 3.63) is 53.6 Å². The molecule has 0 radical (unpaired) electrons. The standard InChI is InChI=1S/C19H21NO5S/c1-3-25-19(21)15-10-11-16-14(13-15)7-6-12-20(16)26(22,23)18-9-5-4-8-17(18)24-2/h4-5,8-11,13H,3,6-7,12H2,1-2H3. The number of nitrogens with zero attached hydrogens (tertiary/aromatic N) is 1. The van der Waals surface area contributed by atoms with Crippen LogP contribution in [0.15, 0.2) is 47.4 Å². The van der Waals surface area contributed by atoms with E-state index in [9.17, 15) is 13.2 Å². The van der Waals surface area contributed by atoms with Crippen LogP contribution in [0.3, 0.4) is 0 Å². The number of hydrogen-bond donors (Lipinski definition) is 0. The van der Waals surface area contributed by atoms with Crippen molar-refractivity contribution in [3.63, 3.8) is 0 Å². The average Bonchev–Trinajstić information content (AvgIpc) is 2.67. The van der Waals surface area contributed by atoms with Gasteiger partial charge in [0.1, 0.15) is 10.6 Å². The van der Waals surface area contributed by atoms with Gasteiger partial charge in [0.05, 0.1) is 25.0 Å². The number of methoxy groups -OCH3 is 1. The topological polar surface area (TPSA) is 72.9 Å². The van der Waals surface area contributed by atoms with E-state index in [-0.39, 0.29) is 4.90 Å². The van der Waals surface area contributed by atoms with Gasteiger partial charge >= 0.3 is 5.97 Å². The van der Waals surface area contributed by atoms with Gasteiger partial charge in [-0.25, -0.2) is 13.2 Å². The molecule has 0 atom stereocenters. The van der Waals surface area contributed by atoms with Crippen LogP contribution in [0.2, 0.25) is 0 Å². The zero-order valence-corrected chi connectivity index (χ0v) is 15.6. The van der Waals surface area contributed by atoms with Crippen LogP contribution < -0.4 is 9.04 Å². The van der Waals surface area contributed by atoms with E-state index in [0.717, 1.165) is 5.56 Å². The van der Waals surface area contributed by atoms with Gasteiger partial charge < -0.3 is 9.47 Å². The van der Waals surface area contributed by atoms with Crippen LogP contribution in [-0.4, -0.2) is 34.6 Å². The molecule has 0 saturated heterocycles. The third-order valence-electron chi connectivity index (χ3n) is 4.30. The molecule has 0 fully saturated rings. The van der Waals surface area contributed by atoms with Gasteiger partial charge in [-0.2, -0.15) is 0 Å². The van der Waals surface area contributed by atoms with Crippen LogP contribution >= 0.6 is 0 Å². The summed E-state index contributed by atoms with van der Waals surface area (Å²) in [6.45, 7) is 2.42. The van der Waals surface area contributed by atoms with Crippen molar-refractivity contribution in [1.29, 1.82) is 0 Å². The monoisotopic (exact) mass is 375 g/mol. The smallest absolute Gasteiger partial charge is 0.338 e. The summed E-state index contributed by atoms with van der Waals surface area (Å²) >= 11 is 0. The Hall–Kier alpha value is -2.54. The van der Waals surface area contributed by atoms with Crippen LogP contribution in [-0.2, 0) is 21.2 Å². The molecule has 1 heterocycles. The highest BCUT2D eigenvalue weighted by Gasteiger charge is 2.31. The summed E-state index contributed by atoms with van der Waals surface area (Å²) in [5.41, 5.74) is 1.85. The third kappa shape index (κ3) is 3.26. The van der Waals surface area contributed by atoms with Gasteiger partial charge in [0.2, 0.25) is 0 Å². The molecule has 0 saturated carbocycles. The molecule has 26 heavy (non-hydrogen) atoms. The highest BCUT2D eigenvalue weighted by Crippen LogP contribution is 2.35. The zero-order valence-electron chi connectivity index (χ0n) is 14.8. The minimum atomic E-state index is -3.77. The van der Waals surface area contributed by atoms with Crippen LogP contribution in [0.25, 0.3) is 0 Å². The minimum Gasteiger partial charge on any atom is -0.495 e. The molecular formula is C19H21NO5S. The summed E-state index contributed by atoms with van der Waals surface area (Å²) in [4.78, 5) is 12.1. The molecule has 7 heteroatoms. The molecule has 0 spiro atoms. The first-order valence-corrected chi connectivity index (χ1v) is 9.89. The van der Waals surface area contributed by atoms with E-state index in [1.807, 2.05) is 0 Å². The van der Waals surface area contributed by atoms with Crippen molar-refractivity contribution in [3.8, 4) is 5.75 Å². The highest BCUT2D eigenvalue weighted by molar-refractivity contribution is 7.93. The number of carbonyl (C=O) groups excluding carboxylic acids is 1.